The van der Waals surface area contributed by atoms with Gasteiger partial charge in [-0.15, -0.1) is 11.3 Å². The number of hydrogen-bond donors (Lipinski definition) is 1. The summed E-state index contributed by atoms with van der Waals surface area (Å²) in [6.45, 7) is 5.28. The van der Waals surface area contributed by atoms with Gasteiger partial charge in [-0.1, -0.05) is 6.92 Å². The number of rotatable bonds is 8. The van der Waals surface area contributed by atoms with Crippen molar-refractivity contribution in [3.05, 3.63) is 15.6 Å². The number of ether oxygens (including phenoxy) is 1. The summed E-state index contributed by atoms with van der Waals surface area (Å²) in [7, 11) is 1.77. The Hall–Kier alpha value is -0.450. The number of thiazole rings is 1. The number of aromatic nitrogens is 1. The van der Waals surface area contributed by atoms with Gasteiger partial charge in [0.15, 0.2) is 0 Å². The smallest absolute Gasteiger partial charge is 0.0932 e. The maximum absolute atomic E-state index is 5.12. The molecule has 1 aromatic heterocycles. The summed E-state index contributed by atoms with van der Waals surface area (Å²) in [5, 5.41) is 4.86. The second-order valence-corrected chi connectivity index (χ2v) is 6.47. The van der Waals surface area contributed by atoms with Crippen molar-refractivity contribution in [3.63, 3.8) is 0 Å². The Kier molecular flexibility index (Phi) is 6.28. The maximum atomic E-state index is 5.12. The van der Waals surface area contributed by atoms with Crippen LogP contribution in [0.25, 0.3) is 0 Å². The molecule has 1 aliphatic carbocycles. The molecule has 0 spiro atoms. The van der Waals surface area contributed by atoms with Crippen LogP contribution in [-0.2, 0) is 17.6 Å². The van der Waals surface area contributed by atoms with E-state index in [2.05, 4.69) is 12.2 Å². The molecule has 108 valence electrons. The minimum Gasteiger partial charge on any atom is -0.385 e. The molecule has 4 heteroatoms. The molecule has 0 saturated carbocycles. The van der Waals surface area contributed by atoms with Crippen LogP contribution in [0, 0.1) is 0 Å². The number of nitrogens with one attached hydrogen (secondary N) is 1. The minimum atomic E-state index is 0.641. The lowest BCUT2D eigenvalue weighted by Gasteiger charge is -2.21. The van der Waals surface area contributed by atoms with E-state index in [1.807, 2.05) is 11.3 Å². The first-order chi connectivity index (χ1) is 9.35. The molecule has 0 amide bonds. The average Bonchev–Trinajstić information content (AvgIpc) is 2.83. The normalized spacial score (nSPS) is 18.5. The Morgan fingerprint density at radius 1 is 1.47 bits per heavy atom. The Morgan fingerprint density at radius 2 is 2.37 bits per heavy atom. The van der Waals surface area contributed by atoms with Crippen molar-refractivity contribution in [1.82, 2.24) is 10.3 Å². The van der Waals surface area contributed by atoms with Crippen LogP contribution in [0.4, 0.5) is 0 Å². The predicted octanol–water partition coefficient (Wildman–Crippen LogP) is 3.14. The lowest BCUT2D eigenvalue weighted by Crippen LogP contribution is -2.24. The zero-order chi connectivity index (χ0) is 13.5. The Balaban J connectivity index is 1.94. The van der Waals surface area contributed by atoms with Crippen molar-refractivity contribution in [2.24, 2.45) is 0 Å². The molecule has 0 fully saturated rings. The van der Waals surface area contributed by atoms with Crippen LogP contribution in [0.15, 0.2) is 0 Å². The van der Waals surface area contributed by atoms with E-state index in [4.69, 9.17) is 9.72 Å². The van der Waals surface area contributed by atoms with E-state index in [1.54, 1.807) is 12.0 Å². The van der Waals surface area contributed by atoms with Crippen molar-refractivity contribution in [2.45, 2.75) is 51.4 Å². The molecule has 1 unspecified atom stereocenters. The molecule has 1 N–H and O–H groups in total. The summed E-state index contributed by atoms with van der Waals surface area (Å²) >= 11 is 1.93. The number of nitrogens with zero attached hydrogens (tertiary/aromatic N) is 1. The quantitative estimate of drug-likeness (QED) is 0.744. The highest BCUT2D eigenvalue weighted by Gasteiger charge is 2.24. The van der Waals surface area contributed by atoms with E-state index in [1.165, 1.54) is 36.4 Å². The number of hydrogen-bond acceptors (Lipinski definition) is 4. The van der Waals surface area contributed by atoms with Gasteiger partial charge in [0, 0.05) is 37.5 Å². The highest BCUT2D eigenvalue weighted by atomic mass is 32.1. The first-order valence-electron chi connectivity index (χ1n) is 7.53. The monoisotopic (exact) mass is 282 g/mol. The van der Waals surface area contributed by atoms with Crippen LogP contribution in [0.2, 0.25) is 0 Å². The SMILES string of the molecule is CCCNCC1CCCc2sc(CCCOC)nc21. The van der Waals surface area contributed by atoms with Gasteiger partial charge in [0.25, 0.3) is 0 Å². The van der Waals surface area contributed by atoms with E-state index >= 15 is 0 Å². The lowest BCUT2D eigenvalue weighted by atomic mass is 9.91. The van der Waals surface area contributed by atoms with Gasteiger partial charge in [0.05, 0.1) is 10.7 Å². The zero-order valence-electron chi connectivity index (χ0n) is 12.2. The van der Waals surface area contributed by atoms with Gasteiger partial charge in [0.1, 0.15) is 0 Å². The van der Waals surface area contributed by atoms with Crippen molar-refractivity contribution >= 4 is 11.3 Å². The van der Waals surface area contributed by atoms with E-state index in [0.29, 0.717) is 5.92 Å². The van der Waals surface area contributed by atoms with Gasteiger partial charge in [-0.05, 0) is 38.6 Å². The first-order valence-corrected chi connectivity index (χ1v) is 8.35. The second-order valence-electron chi connectivity index (χ2n) is 5.31. The molecular weight excluding hydrogens is 256 g/mol. The Labute approximate surface area is 120 Å². The summed E-state index contributed by atoms with van der Waals surface area (Å²) in [5.74, 6) is 0.641. The molecule has 1 heterocycles. The Morgan fingerprint density at radius 3 is 3.16 bits per heavy atom. The van der Waals surface area contributed by atoms with E-state index in [0.717, 1.165) is 32.5 Å². The molecular formula is C15H26N2OS. The number of fused-ring (bicyclic) bond motifs is 1. The number of methoxy groups -OCH3 is 1. The third-order valence-electron chi connectivity index (χ3n) is 3.67. The molecule has 19 heavy (non-hydrogen) atoms. The summed E-state index contributed by atoms with van der Waals surface area (Å²) < 4.78 is 5.12. The molecule has 0 radical (unpaired) electrons. The van der Waals surface area contributed by atoms with Crippen LogP contribution in [0.3, 0.4) is 0 Å². The standard InChI is InChI=1S/C15H26N2OS/c1-3-9-16-11-12-6-4-7-13-15(12)17-14(19-13)8-5-10-18-2/h12,16H,3-11H2,1-2H3. The highest BCUT2D eigenvalue weighted by molar-refractivity contribution is 7.11. The summed E-state index contributed by atoms with van der Waals surface area (Å²) in [6.07, 6.45) is 7.22. The topological polar surface area (TPSA) is 34.1 Å². The summed E-state index contributed by atoms with van der Waals surface area (Å²) in [5.41, 5.74) is 1.40. The van der Waals surface area contributed by atoms with Gasteiger partial charge in [0.2, 0.25) is 0 Å². The number of aryl methyl sites for hydroxylation is 2. The first kappa shape index (κ1) is 14.9. The van der Waals surface area contributed by atoms with Gasteiger partial charge in [-0.25, -0.2) is 4.98 Å². The van der Waals surface area contributed by atoms with Crippen LogP contribution >= 0.6 is 11.3 Å². The van der Waals surface area contributed by atoms with Crippen molar-refractivity contribution in [3.8, 4) is 0 Å². The van der Waals surface area contributed by atoms with Crippen molar-refractivity contribution in [1.29, 1.82) is 0 Å². The maximum Gasteiger partial charge on any atom is 0.0932 e. The fourth-order valence-corrected chi connectivity index (χ4v) is 3.92. The molecule has 0 aliphatic heterocycles. The summed E-state index contributed by atoms with van der Waals surface area (Å²) in [6, 6.07) is 0. The zero-order valence-corrected chi connectivity index (χ0v) is 13.0. The summed E-state index contributed by atoms with van der Waals surface area (Å²) in [4.78, 5) is 6.45. The molecule has 2 rings (SSSR count). The third kappa shape index (κ3) is 4.26. The van der Waals surface area contributed by atoms with Gasteiger partial charge in [-0.2, -0.15) is 0 Å². The van der Waals surface area contributed by atoms with Crippen LogP contribution < -0.4 is 5.32 Å². The van der Waals surface area contributed by atoms with E-state index in [9.17, 15) is 0 Å². The third-order valence-corrected chi connectivity index (χ3v) is 4.86. The lowest BCUT2D eigenvalue weighted by molar-refractivity contribution is 0.195. The second kappa shape index (κ2) is 7.98. The van der Waals surface area contributed by atoms with Gasteiger partial charge < -0.3 is 10.1 Å². The fraction of sp³-hybridized carbons (Fsp3) is 0.800. The van der Waals surface area contributed by atoms with Crippen molar-refractivity contribution in [2.75, 3.05) is 26.8 Å². The molecule has 0 bridgehead atoms. The van der Waals surface area contributed by atoms with Gasteiger partial charge >= 0.3 is 0 Å². The average molecular weight is 282 g/mol. The predicted molar refractivity (Wildman–Crippen MR) is 81.2 cm³/mol. The van der Waals surface area contributed by atoms with Gasteiger partial charge in [-0.3, -0.25) is 0 Å². The van der Waals surface area contributed by atoms with E-state index in [-0.39, 0.29) is 0 Å². The highest BCUT2D eigenvalue weighted by Crippen LogP contribution is 2.34. The molecule has 3 nitrogen and oxygen atoms in total. The molecule has 1 atom stereocenters. The van der Waals surface area contributed by atoms with Crippen LogP contribution in [0.1, 0.15) is 54.1 Å². The molecule has 0 saturated heterocycles. The largest absolute Gasteiger partial charge is 0.385 e. The molecule has 0 aromatic carbocycles. The molecule has 1 aromatic rings. The van der Waals surface area contributed by atoms with Crippen LogP contribution in [-0.4, -0.2) is 31.8 Å². The van der Waals surface area contributed by atoms with E-state index < -0.39 is 0 Å². The fourth-order valence-electron chi connectivity index (χ4n) is 2.68. The van der Waals surface area contributed by atoms with Crippen molar-refractivity contribution < 1.29 is 4.74 Å². The minimum absolute atomic E-state index is 0.641. The van der Waals surface area contributed by atoms with Crippen LogP contribution in [0.5, 0.6) is 0 Å². The molecule has 1 aliphatic rings. The Bertz CT molecular complexity index is 378.